The van der Waals surface area contributed by atoms with Crippen molar-refractivity contribution in [2.45, 2.75) is 23.3 Å². The van der Waals surface area contributed by atoms with Gasteiger partial charge in [0.05, 0.1) is 11.1 Å². The molecule has 2 rings (SSSR count). The van der Waals surface area contributed by atoms with Crippen LogP contribution < -0.4 is 0 Å². The van der Waals surface area contributed by atoms with Crippen LogP contribution >= 0.6 is 35.1 Å². The zero-order chi connectivity index (χ0) is 9.97. The second-order valence-electron chi connectivity index (χ2n) is 3.29. The molecule has 2 heterocycles. The summed E-state index contributed by atoms with van der Waals surface area (Å²) in [6.45, 7) is 2.27. The van der Waals surface area contributed by atoms with Gasteiger partial charge < -0.3 is 4.98 Å². The summed E-state index contributed by atoms with van der Waals surface area (Å²) in [5.41, 5.74) is 1.02. The van der Waals surface area contributed by atoms with E-state index in [9.17, 15) is 0 Å². The molecule has 1 aliphatic rings. The molecule has 0 aliphatic carbocycles. The van der Waals surface area contributed by atoms with Gasteiger partial charge in [0, 0.05) is 28.6 Å². The minimum Gasteiger partial charge on any atom is -0.344 e. The standard InChI is InChI=1S/C9H13ClN2S2/c1-6-8(14-3-2-13-6)9-11-5-7(4-10)12-9/h5-6,8H,2-4H2,1H3,(H,11,12). The molecule has 0 spiro atoms. The van der Waals surface area contributed by atoms with Crippen LogP contribution in [0.25, 0.3) is 0 Å². The lowest BCUT2D eigenvalue weighted by Gasteiger charge is -2.26. The second-order valence-corrected chi connectivity index (χ2v) is 6.30. The lowest BCUT2D eigenvalue weighted by Crippen LogP contribution is -2.16. The summed E-state index contributed by atoms with van der Waals surface area (Å²) >= 11 is 9.75. The van der Waals surface area contributed by atoms with Crippen LogP contribution in [0.3, 0.4) is 0 Å². The molecule has 0 aromatic carbocycles. The van der Waals surface area contributed by atoms with E-state index < -0.39 is 0 Å². The smallest absolute Gasteiger partial charge is 0.120 e. The SMILES string of the molecule is CC1SCCSC1c1ncc(CCl)[nH]1. The van der Waals surface area contributed by atoms with Crippen LogP contribution in [0.4, 0.5) is 0 Å². The highest BCUT2D eigenvalue weighted by atomic mass is 35.5. The number of aromatic nitrogens is 2. The van der Waals surface area contributed by atoms with Gasteiger partial charge in [-0.2, -0.15) is 11.8 Å². The molecule has 5 heteroatoms. The molecule has 14 heavy (non-hydrogen) atoms. The zero-order valence-corrected chi connectivity index (χ0v) is 10.4. The first-order chi connectivity index (χ1) is 6.81. The topological polar surface area (TPSA) is 28.7 Å². The van der Waals surface area contributed by atoms with E-state index in [1.54, 1.807) is 0 Å². The molecule has 0 bridgehead atoms. The van der Waals surface area contributed by atoms with E-state index in [1.807, 2.05) is 29.7 Å². The van der Waals surface area contributed by atoms with Gasteiger partial charge >= 0.3 is 0 Å². The Morgan fingerprint density at radius 2 is 2.36 bits per heavy atom. The van der Waals surface area contributed by atoms with Crippen molar-refractivity contribution in [3.63, 3.8) is 0 Å². The van der Waals surface area contributed by atoms with Crippen molar-refractivity contribution in [3.05, 3.63) is 17.7 Å². The van der Waals surface area contributed by atoms with E-state index in [-0.39, 0.29) is 0 Å². The Balaban J connectivity index is 2.12. The first-order valence-corrected chi connectivity index (χ1v) is 7.27. The molecule has 0 amide bonds. The molecule has 1 aromatic heterocycles. The Bertz CT molecular complexity index is 303. The van der Waals surface area contributed by atoms with Crippen LogP contribution in [-0.4, -0.2) is 26.7 Å². The van der Waals surface area contributed by atoms with Gasteiger partial charge in [-0.25, -0.2) is 4.98 Å². The maximum Gasteiger partial charge on any atom is 0.120 e. The monoisotopic (exact) mass is 248 g/mol. The number of nitrogens with one attached hydrogen (secondary N) is 1. The lowest BCUT2D eigenvalue weighted by atomic mass is 10.3. The summed E-state index contributed by atoms with van der Waals surface area (Å²) in [4.78, 5) is 7.67. The molecule has 1 N–H and O–H groups in total. The van der Waals surface area contributed by atoms with Crippen molar-refractivity contribution in [2.24, 2.45) is 0 Å². The number of H-pyrrole nitrogens is 1. The molecule has 2 nitrogen and oxygen atoms in total. The summed E-state index contributed by atoms with van der Waals surface area (Å²) in [6.07, 6.45) is 1.84. The van der Waals surface area contributed by atoms with E-state index in [0.717, 1.165) is 11.5 Å². The molecule has 1 aliphatic heterocycles. The molecule has 1 aromatic rings. The highest BCUT2D eigenvalue weighted by molar-refractivity contribution is 8.06. The van der Waals surface area contributed by atoms with Crippen LogP contribution in [0.1, 0.15) is 23.7 Å². The third-order valence-corrected chi connectivity index (χ3v) is 5.64. The lowest BCUT2D eigenvalue weighted by molar-refractivity contribution is 0.841. The molecule has 78 valence electrons. The molecule has 1 fully saturated rings. The predicted octanol–water partition coefficient (Wildman–Crippen LogP) is 3.06. The maximum atomic E-state index is 5.73. The number of thioether (sulfide) groups is 2. The Labute approximate surface area is 97.6 Å². The molecular formula is C9H13ClN2S2. The van der Waals surface area contributed by atoms with Crippen molar-refractivity contribution in [1.29, 1.82) is 0 Å². The summed E-state index contributed by atoms with van der Waals surface area (Å²) in [5.74, 6) is 4.08. The van der Waals surface area contributed by atoms with Crippen molar-refractivity contribution in [1.82, 2.24) is 9.97 Å². The highest BCUT2D eigenvalue weighted by Gasteiger charge is 2.26. The van der Waals surface area contributed by atoms with Crippen LogP contribution in [0.2, 0.25) is 0 Å². The summed E-state index contributed by atoms with van der Waals surface area (Å²) < 4.78 is 0. The highest BCUT2D eigenvalue weighted by Crippen LogP contribution is 2.41. The van der Waals surface area contributed by atoms with Gasteiger partial charge in [-0.1, -0.05) is 6.92 Å². The number of nitrogens with zero attached hydrogens (tertiary/aromatic N) is 1. The maximum absolute atomic E-state index is 5.73. The third-order valence-electron chi connectivity index (χ3n) is 2.25. The molecular weight excluding hydrogens is 236 g/mol. The Kier molecular flexibility index (Phi) is 3.68. The molecule has 1 saturated heterocycles. The second kappa shape index (κ2) is 4.81. The fourth-order valence-corrected chi connectivity index (χ4v) is 4.38. The quantitative estimate of drug-likeness (QED) is 0.816. The van der Waals surface area contributed by atoms with Gasteiger partial charge in [0.2, 0.25) is 0 Å². The van der Waals surface area contributed by atoms with Gasteiger partial charge in [0.25, 0.3) is 0 Å². The van der Waals surface area contributed by atoms with Gasteiger partial charge in [-0.15, -0.1) is 23.4 Å². The fourth-order valence-electron chi connectivity index (χ4n) is 1.52. The van der Waals surface area contributed by atoms with Gasteiger partial charge in [-0.05, 0) is 0 Å². The van der Waals surface area contributed by atoms with Gasteiger partial charge in [0.1, 0.15) is 5.82 Å². The van der Waals surface area contributed by atoms with E-state index >= 15 is 0 Å². The average molecular weight is 249 g/mol. The van der Waals surface area contributed by atoms with Gasteiger partial charge in [0.15, 0.2) is 0 Å². The fraction of sp³-hybridized carbons (Fsp3) is 0.667. The third kappa shape index (κ3) is 2.23. The normalized spacial score (nSPS) is 27.9. The molecule has 0 saturated carbocycles. The summed E-state index contributed by atoms with van der Waals surface area (Å²) in [5, 5.41) is 1.15. The number of imidazole rings is 1. The Morgan fingerprint density at radius 3 is 3.00 bits per heavy atom. The number of aromatic amines is 1. The van der Waals surface area contributed by atoms with Crippen LogP contribution in [0, 0.1) is 0 Å². The van der Waals surface area contributed by atoms with Crippen molar-refractivity contribution >= 4 is 35.1 Å². The zero-order valence-electron chi connectivity index (χ0n) is 8.00. The predicted molar refractivity (Wildman–Crippen MR) is 65.3 cm³/mol. The van der Waals surface area contributed by atoms with Crippen molar-refractivity contribution < 1.29 is 0 Å². The number of rotatable bonds is 2. The van der Waals surface area contributed by atoms with Crippen LogP contribution in [-0.2, 0) is 5.88 Å². The van der Waals surface area contributed by atoms with Crippen LogP contribution in [0.15, 0.2) is 6.20 Å². The first-order valence-electron chi connectivity index (χ1n) is 4.64. The van der Waals surface area contributed by atoms with Crippen molar-refractivity contribution in [3.8, 4) is 0 Å². The Morgan fingerprint density at radius 1 is 1.57 bits per heavy atom. The van der Waals surface area contributed by atoms with Crippen molar-refractivity contribution in [2.75, 3.05) is 11.5 Å². The number of hydrogen-bond donors (Lipinski definition) is 1. The minimum absolute atomic E-state index is 0.505. The van der Waals surface area contributed by atoms with E-state index in [2.05, 4.69) is 16.9 Å². The number of alkyl halides is 1. The summed E-state index contributed by atoms with van der Waals surface area (Å²) in [7, 11) is 0. The average Bonchev–Trinajstić information content (AvgIpc) is 2.67. The van der Waals surface area contributed by atoms with E-state index in [1.165, 1.54) is 11.5 Å². The van der Waals surface area contributed by atoms with Gasteiger partial charge in [-0.3, -0.25) is 0 Å². The van der Waals surface area contributed by atoms with E-state index in [0.29, 0.717) is 16.4 Å². The largest absolute Gasteiger partial charge is 0.344 e. The molecule has 2 atom stereocenters. The first kappa shape index (κ1) is 10.7. The molecule has 0 radical (unpaired) electrons. The van der Waals surface area contributed by atoms with E-state index in [4.69, 9.17) is 11.6 Å². The minimum atomic E-state index is 0.505. The number of halogens is 1. The number of hydrogen-bond acceptors (Lipinski definition) is 3. The Hall–Kier alpha value is 0.200. The summed E-state index contributed by atoms with van der Waals surface area (Å²) in [6, 6.07) is 0. The molecule has 2 unspecified atom stereocenters. The van der Waals surface area contributed by atoms with Crippen LogP contribution in [0.5, 0.6) is 0 Å².